The number of methoxy groups -OCH3 is 1. The molecular weight excluding hydrogens is 259 g/mol. The molecule has 0 spiro atoms. The monoisotopic (exact) mass is 277 g/mol. The Morgan fingerprint density at radius 1 is 1.42 bits per heavy atom. The molecule has 4 nitrogen and oxygen atoms in total. The van der Waals surface area contributed by atoms with Crippen LogP contribution in [-0.2, 0) is 10.9 Å². The molecule has 0 saturated heterocycles. The summed E-state index contributed by atoms with van der Waals surface area (Å²) in [6, 6.07) is 1.75. The zero-order valence-corrected chi connectivity index (χ0v) is 11.2. The number of pyridine rings is 1. The molecule has 2 N–H and O–H groups in total. The van der Waals surface area contributed by atoms with Gasteiger partial charge in [0, 0.05) is 13.7 Å². The number of anilines is 2. The summed E-state index contributed by atoms with van der Waals surface area (Å²) in [6.07, 6.45) is -4.43. The quantitative estimate of drug-likeness (QED) is 0.898. The van der Waals surface area contributed by atoms with Gasteiger partial charge in [0.1, 0.15) is 11.6 Å². The van der Waals surface area contributed by atoms with Crippen LogP contribution < -0.4 is 10.6 Å². The fraction of sp³-hybridized carbons (Fsp3) is 0.583. The standard InChI is InChI=1S/C12H18F3N3O/c1-4-18(8(2)7-19-3)11-6-9(12(13,14)15)5-10(16)17-11/h5-6,8H,4,7H2,1-3H3,(H2,16,17). The van der Waals surface area contributed by atoms with Crippen molar-refractivity contribution < 1.29 is 17.9 Å². The van der Waals surface area contributed by atoms with E-state index in [9.17, 15) is 13.2 Å². The van der Waals surface area contributed by atoms with E-state index in [1.54, 1.807) is 4.90 Å². The number of nitrogens with zero attached hydrogens (tertiary/aromatic N) is 2. The van der Waals surface area contributed by atoms with Crippen molar-refractivity contribution in [1.29, 1.82) is 0 Å². The third-order valence-corrected chi connectivity index (χ3v) is 2.73. The lowest BCUT2D eigenvalue weighted by Crippen LogP contribution is -2.37. The number of hydrogen-bond acceptors (Lipinski definition) is 4. The first-order valence-electron chi connectivity index (χ1n) is 5.90. The third kappa shape index (κ3) is 3.99. The summed E-state index contributed by atoms with van der Waals surface area (Å²) in [5.74, 6) is 0.0623. The summed E-state index contributed by atoms with van der Waals surface area (Å²) >= 11 is 0. The SMILES string of the molecule is CCN(c1cc(C(F)(F)F)cc(N)n1)C(C)COC. The van der Waals surface area contributed by atoms with Crippen LogP contribution in [0.4, 0.5) is 24.8 Å². The number of nitrogens with two attached hydrogens (primary N) is 1. The van der Waals surface area contributed by atoms with Crippen LogP contribution in [0.15, 0.2) is 12.1 Å². The number of rotatable bonds is 5. The molecule has 0 aromatic carbocycles. The van der Waals surface area contributed by atoms with Crippen molar-refractivity contribution in [2.45, 2.75) is 26.1 Å². The highest BCUT2D eigenvalue weighted by molar-refractivity contribution is 5.49. The summed E-state index contributed by atoms with van der Waals surface area (Å²) in [7, 11) is 1.54. The number of nitrogen functional groups attached to an aromatic ring is 1. The smallest absolute Gasteiger partial charge is 0.384 e. The molecule has 0 saturated carbocycles. The highest BCUT2D eigenvalue weighted by atomic mass is 19.4. The molecule has 0 fully saturated rings. The highest BCUT2D eigenvalue weighted by Gasteiger charge is 2.32. The average Bonchev–Trinajstić information content (AvgIpc) is 2.28. The topological polar surface area (TPSA) is 51.4 Å². The first kappa shape index (κ1) is 15.6. The van der Waals surface area contributed by atoms with Crippen molar-refractivity contribution in [3.05, 3.63) is 17.7 Å². The van der Waals surface area contributed by atoms with Crippen molar-refractivity contribution in [1.82, 2.24) is 4.98 Å². The first-order valence-corrected chi connectivity index (χ1v) is 5.90. The fourth-order valence-electron chi connectivity index (χ4n) is 1.88. The molecule has 108 valence electrons. The molecule has 1 heterocycles. The first-order chi connectivity index (χ1) is 8.79. The average molecular weight is 277 g/mol. The molecule has 1 unspecified atom stereocenters. The van der Waals surface area contributed by atoms with Crippen LogP contribution in [0.3, 0.4) is 0 Å². The lowest BCUT2D eigenvalue weighted by Gasteiger charge is -2.29. The van der Waals surface area contributed by atoms with Crippen molar-refractivity contribution >= 4 is 11.6 Å². The fourth-order valence-corrected chi connectivity index (χ4v) is 1.88. The molecule has 19 heavy (non-hydrogen) atoms. The molecule has 1 rings (SSSR count). The van der Waals surface area contributed by atoms with E-state index < -0.39 is 11.7 Å². The molecule has 1 atom stereocenters. The van der Waals surface area contributed by atoms with E-state index >= 15 is 0 Å². The van der Waals surface area contributed by atoms with E-state index in [0.717, 1.165) is 12.1 Å². The van der Waals surface area contributed by atoms with Crippen molar-refractivity contribution in [3.8, 4) is 0 Å². The van der Waals surface area contributed by atoms with Gasteiger partial charge in [-0.1, -0.05) is 0 Å². The summed E-state index contributed by atoms with van der Waals surface area (Å²) in [4.78, 5) is 5.69. The molecule has 0 bridgehead atoms. The molecule has 0 amide bonds. The largest absolute Gasteiger partial charge is 0.416 e. The number of aromatic nitrogens is 1. The van der Waals surface area contributed by atoms with E-state index in [2.05, 4.69) is 4.98 Å². The maximum atomic E-state index is 12.7. The number of alkyl halides is 3. The second kappa shape index (κ2) is 6.10. The minimum Gasteiger partial charge on any atom is -0.384 e. The molecule has 1 aromatic heterocycles. The Balaban J connectivity index is 3.14. The van der Waals surface area contributed by atoms with Crippen LogP contribution >= 0.6 is 0 Å². The second-order valence-corrected chi connectivity index (χ2v) is 4.23. The van der Waals surface area contributed by atoms with Gasteiger partial charge in [-0.25, -0.2) is 4.98 Å². The lowest BCUT2D eigenvalue weighted by molar-refractivity contribution is -0.137. The van der Waals surface area contributed by atoms with Gasteiger partial charge in [0.05, 0.1) is 18.2 Å². The van der Waals surface area contributed by atoms with Gasteiger partial charge in [0.25, 0.3) is 0 Å². The van der Waals surface area contributed by atoms with Gasteiger partial charge in [-0.15, -0.1) is 0 Å². The van der Waals surface area contributed by atoms with Gasteiger partial charge in [-0.3, -0.25) is 0 Å². The molecule has 0 aliphatic rings. The van der Waals surface area contributed by atoms with Crippen molar-refractivity contribution in [3.63, 3.8) is 0 Å². The summed E-state index contributed by atoms with van der Waals surface area (Å²) in [5, 5.41) is 0. The minimum absolute atomic E-state index is 0.0922. The maximum Gasteiger partial charge on any atom is 0.416 e. The summed E-state index contributed by atoms with van der Waals surface area (Å²) in [5.41, 5.74) is 4.66. The minimum atomic E-state index is -4.43. The Hall–Kier alpha value is -1.50. The molecular formula is C12H18F3N3O. The zero-order chi connectivity index (χ0) is 14.6. The third-order valence-electron chi connectivity index (χ3n) is 2.73. The van der Waals surface area contributed by atoms with E-state index in [4.69, 9.17) is 10.5 Å². The van der Waals surface area contributed by atoms with Gasteiger partial charge in [-0.2, -0.15) is 13.2 Å². The Morgan fingerprint density at radius 3 is 2.53 bits per heavy atom. The summed E-state index contributed by atoms with van der Waals surface area (Å²) in [6.45, 7) is 4.60. The van der Waals surface area contributed by atoms with Gasteiger partial charge in [0.15, 0.2) is 0 Å². The van der Waals surface area contributed by atoms with E-state index in [1.807, 2.05) is 13.8 Å². The van der Waals surface area contributed by atoms with Crippen LogP contribution in [0, 0.1) is 0 Å². The number of halogens is 3. The normalized spacial score (nSPS) is 13.4. The van der Waals surface area contributed by atoms with Crippen LogP contribution in [-0.4, -0.2) is 31.3 Å². The summed E-state index contributed by atoms with van der Waals surface area (Å²) < 4.78 is 43.2. The number of ether oxygens (including phenoxy) is 1. The Kier molecular flexibility index (Phi) is 4.99. The Morgan fingerprint density at radius 2 is 2.05 bits per heavy atom. The van der Waals surface area contributed by atoms with Crippen LogP contribution in [0.2, 0.25) is 0 Å². The van der Waals surface area contributed by atoms with Crippen molar-refractivity contribution in [2.75, 3.05) is 30.9 Å². The predicted molar refractivity (Wildman–Crippen MR) is 68.0 cm³/mol. The predicted octanol–water partition coefficient (Wildman–Crippen LogP) is 2.54. The van der Waals surface area contributed by atoms with Crippen LogP contribution in [0.5, 0.6) is 0 Å². The molecule has 0 aliphatic carbocycles. The van der Waals surface area contributed by atoms with E-state index in [0.29, 0.717) is 13.2 Å². The van der Waals surface area contributed by atoms with Crippen LogP contribution in [0.25, 0.3) is 0 Å². The molecule has 0 radical (unpaired) electrons. The Bertz CT molecular complexity index is 423. The van der Waals surface area contributed by atoms with Gasteiger partial charge in [0.2, 0.25) is 0 Å². The van der Waals surface area contributed by atoms with E-state index in [1.165, 1.54) is 7.11 Å². The molecule has 0 aliphatic heterocycles. The molecule has 1 aromatic rings. The van der Waals surface area contributed by atoms with Crippen LogP contribution in [0.1, 0.15) is 19.4 Å². The highest BCUT2D eigenvalue weighted by Crippen LogP contribution is 2.32. The lowest BCUT2D eigenvalue weighted by atomic mass is 10.2. The van der Waals surface area contributed by atoms with E-state index in [-0.39, 0.29) is 17.7 Å². The zero-order valence-electron chi connectivity index (χ0n) is 11.2. The van der Waals surface area contributed by atoms with Gasteiger partial charge < -0.3 is 15.4 Å². The maximum absolute atomic E-state index is 12.7. The van der Waals surface area contributed by atoms with Gasteiger partial charge >= 0.3 is 6.18 Å². The van der Waals surface area contributed by atoms with Gasteiger partial charge in [-0.05, 0) is 26.0 Å². The number of likely N-dealkylation sites (N-methyl/N-ethyl adjacent to an activating group) is 1. The van der Waals surface area contributed by atoms with Crippen molar-refractivity contribution in [2.24, 2.45) is 0 Å². The molecule has 7 heteroatoms. The Labute approximate surface area is 110 Å². The number of hydrogen-bond donors (Lipinski definition) is 1. The second-order valence-electron chi connectivity index (χ2n) is 4.23.